The number of nitrogens with zero attached hydrogens (tertiary/aromatic N) is 4. The summed E-state index contributed by atoms with van der Waals surface area (Å²) in [6.45, 7) is 5.25. The standard InChI is InChI=1S/C20H26ClN5O/c1-27-5-4-25-10-14-15(11-25)19(14)18-7-17(24-26(18)9-12-2-3-12)13-6-16(21)20(22)23-8-13/h6-8,12,14-15,19H,2-5,9-11H2,1H3,(H2,22,23)/t14-,15?,19?/m1/s1. The summed E-state index contributed by atoms with van der Waals surface area (Å²) >= 11 is 6.18. The highest BCUT2D eigenvalue weighted by Gasteiger charge is 2.57. The summed E-state index contributed by atoms with van der Waals surface area (Å²) in [5.41, 5.74) is 9.06. The average molecular weight is 388 g/mol. The molecule has 0 amide bonds. The molecule has 1 aliphatic heterocycles. The third kappa shape index (κ3) is 3.35. The smallest absolute Gasteiger partial charge is 0.142 e. The van der Waals surface area contributed by atoms with Crippen molar-refractivity contribution in [3.05, 3.63) is 29.0 Å². The van der Waals surface area contributed by atoms with E-state index in [9.17, 15) is 0 Å². The molecule has 1 saturated heterocycles. The summed E-state index contributed by atoms with van der Waals surface area (Å²) in [7, 11) is 1.77. The number of halogens is 1. The van der Waals surface area contributed by atoms with Crippen molar-refractivity contribution < 1.29 is 4.74 Å². The van der Waals surface area contributed by atoms with Gasteiger partial charge >= 0.3 is 0 Å². The van der Waals surface area contributed by atoms with Crippen LogP contribution in [-0.2, 0) is 11.3 Å². The number of nitrogens with two attached hydrogens (primary N) is 1. The SMILES string of the molecule is COCCN1CC2C(c3cc(-c4cnc(N)c(Cl)c4)nn3CC3CC3)[C@@H]2C1. The van der Waals surface area contributed by atoms with E-state index in [2.05, 4.69) is 20.6 Å². The summed E-state index contributed by atoms with van der Waals surface area (Å²) < 4.78 is 7.49. The fourth-order valence-electron chi connectivity index (χ4n) is 4.58. The number of methoxy groups -OCH3 is 1. The first-order valence-corrected chi connectivity index (χ1v) is 10.2. The summed E-state index contributed by atoms with van der Waals surface area (Å²) in [5.74, 6) is 3.32. The molecule has 0 bridgehead atoms. The van der Waals surface area contributed by atoms with Crippen molar-refractivity contribution in [1.82, 2.24) is 19.7 Å². The van der Waals surface area contributed by atoms with Crippen LogP contribution in [0.2, 0.25) is 5.02 Å². The van der Waals surface area contributed by atoms with Gasteiger partial charge in [0.1, 0.15) is 5.82 Å². The molecule has 2 N–H and O–H groups in total. The maximum Gasteiger partial charge on any atom is 0.142 e. The quantitative estimate of drug-likeness (QED) is 0.791. The Morgan fingerprint density at radius 3 is 2.70 bits per heavy atom. The molecule has 6 nitrogen and oxygen atoms in total. The van der Waals surface area contributed by atoms with Crippen molar-refractivity contribution in [2.75, 3.05) is 39.1 Å². The minimum atomic E-state index is 0.367. The van der Waals surface area contributed by atoms with Crippen molar-refractivity contribution in [3.8, 4) is 11.3 Å². The van der Waals surface area contributed by atoms with E-state index >= 15 is 0 Å². The van der Waals surface area contributed by atoms with Crippen molar-refractivity contribution in [2.24, 2.45) is 17.8 Å². The number of piperidine rings is 1. The first-order chi connectivity index (χ1) is 13.1. The van der Waals surface area contributed by atoms with Gasteiger partial charge in [-0.1, -0.05) is 11.6 Å². The van der Waals surface area contributed by atoms with E-state index in [-0.39, 0.29) is 0 Å². The van der Waals surface area contributed by atoms with Crippen LogP contribution in [0.4, 0.5) is 5.82 Å². The van der Waals surface area contributed by atoms with Gasteiger partial charge in [-0.15, -0.1) is 0 Å². The van der Waals surface area contributed by atoms with Crippen LogP contribution in [0.5, 0.6) is 0 Å². The molecule has 7 heteroatoms. The average Bonchev–Trinajstić information content (AvgIpc) is 3.50. The van der Waals surface area contributed by atoms with Crippen molar-refractivity contribution in [1.29, 1.82) is 0 Å². The fraction of sp³-hybridized carbons (Fsp3) is 0.600. The van der Waals surface area contributed by atoms with Gasteiger partial charge in [0, 0.05) is 56.7 Å². The molecule has 2 saturated carbocycles. The van der Waals surface area contributed by atoms with E-state index in [0.29, 0.717) is 16.8 Å². The molecule has 0 spiro atoms. The van der Waals surface area contributed by atoms with Crippen LogP contribution in [0.25, 0.3) is 11.3 Å². The molecule has 27 heavy (non-hydrogen) atoms. The van der Waals surface area contributed by atoms with Gasteiger partial charge in [-0.05, 0) is 42.7 Å². The summed E-state index contributed by atoms with van der Waals surface area (Å²) in [5, 5.41) is 5.42. The van der Waals surface area contributed by atoms with Crippen LogP contribution in [0, 0.1) is 17.8 Å². The second kappa shape index (κ2) is 6.76. The third-order valence-corrected chi connectivity index (χ3v) is 6.63. The zero-order chi connectivity index (χ0) is 18.5. The number of hydrogen-bond acceptors (Lipinski definition) is 5. The fourth-order valence-corrected chi connectivity index (χ4v) is 4.74. The Balaban J connectivity index is 1.38. The van der Waals surface area contributed by atoms with E-state index < -0.39 is 0 Å². The molecule has 3 fully saturated rings. The van der Waals surface area contributed by atoms with Gasteiger partial charge in [0.25, 0.3) is 0 Å². The number of rotatable bonds is 7. The van der Waals surface area contributed by atoms with E-state index in [1.807, 2.05) is 6.07 Å². The monoisotopic (exact) mass is 387 g/mol. The Bertz CT molecular complexity index is 837. The minimum absolute atomic E-state index is 0.367. The number of aromatic nitrogens is 3. The van der Waals surface area contributed by atoms with Gasteiger partial charge in [-0.25, -0.2) is 4.98 Å². The van der Waals surface area contributed by atoms with Crippen molar-refractivity contribution >= 4 is 17.4 Å². The number of fused-ring (bicyclic) bond motifs is 1. The minimum Gasteiger partial charge on any atom is -0.383 e. The Kier molecular flexibility index (Phi) is 4.37. The van der Waals surface area contributed by atoms with Gasteiger partial charge in [0.15, 0.2) is 0 Å². The van der Waals surface area contributed by atoms with Gasteiger partial charge in [0.05, 0.1) is 17.3 Å². The lowest BCUT2D eigenvalue weighted by Gasteiger charge is -2.19. The van der Waals surface area contributed by atoms with E-state index in [0.717, 1.165) is 48.7 Å². The Morgan fingerprint density at radius 1 is 1.26 bits per heavy atom. The number of pyridine rings is 1. The summed E-state index contributed by atoms with van der Waals surface area (Å²) in [6, 6.07) is 4.13. The lowest BCUT2D eigenvalue weighted by Crippen LogP contribution is -2.28. The van der Waals surface area contributed by atoms with Crippen molar-refractivity contribution in [2.45, 2.75) is 25.3 Å². The second-order valence-corrected chi connectivity index (χ2v) is 8.68. The largest absolute Gasteiger partial charge is 0.383 e. The molecule has 0 radical (unpaired) electrons. The van der Waals surface area contributed by atoms with Gasteiger partial charge in [0.2, 0.25) is 0 Å². The van der Waals surface area contributed by atoms with Crippen LogP contribution in [0.1, 0.15) is 24.5 Å². The molecule has 3 heterocycles. The van der Waals surface area contributed by atoms with Gasteiger partial charge in [-0.2, -0.15) is 5.10 Å². The lowest BCUT2D eigenvalue weighted by atomic mass is 10.1. The normalized spacial score (nSPS) is 27.1. The number of hydrogen-bond donors (Lipinski definition) is 1. The Hall–Kier alpha value is -1.63. The molecule has 2 unspecified atom stereocenters. The maximum absolute atomic E-state index is 6.18. The Morgan fingerprint density at radius 2 is 2.04 bits per heavy atom. The third-order valence-electron chi connectivity index (χ3n) is 6.33. The Labute approximate surface area is 164 Å². The molecule has 2 aromatic rings. The highest BCUT2D eigenvalue weighted by atomic mass is 35.5. The van der Waals surface area contributed by atoms with Gasteiger partial charge < -0.3 is 15.4 Å². The molecule has 2 aliphatic carbocycles. The van der Waals surface area contributed by atoms with E-state index in [4.69, 9.17) is 27.2 Å². The first-order valence-electron chi connectivity index (χ1n) is 9.84. The molecule has 5 rings (SSSR count). The second-order valence-electron chi connectivity index (χ2n) is 8.28. The highest BCUT2D eigenvalue weighted by molar-refractivity contribution is 6.33. The molecule has 2 aromatic heterocycles. The van der Waals surface area contributed by atoms with E-state index in [1.165, 1.54) is 31.6 Å². The summed E-state index contributed by atoms with van der Waals surface area (Å²) in [4.78, 5) is 6.73. The lowest BCUT2D eigenvalue weighted by molar-refractivity contribution is 0.153. The topological polar surface area (TPSA) is 69.2 Å². The van der Waals surface area contributed by atoms with Crippen LogP contribution in [-0.4, -0.2) is 53.0 Å². The van der Waals surface area contributed by atoms with Crippen LogP contribution >= 0.6 is 11.6 Å². The zero-order valence-electron chi connectivity index (χ0n) is 15.6. The number of anilines is 1. The number of ether oxygens (including phenoxy) is 1. The molecule has 144 valence electrons. The van der Waals surface area contributed by atoms with Gasteiger partial charge in [-0.3, -0.25) is 4.68 Å². The summed E-state index contributed by atoms with van der Waals surface area (Å²) in [6.07, 6.45) is 4.42. The molecular weight excluding hydrogens is 362 g/mol. The zero-order valence-corrected chi connectivity index (χ0v) is 16.4. The maximum atomic E-state index is 6.18. The molecule has 3 atom stereocenters. The van der Waals surface area contributed by atoms with E-state index in [1.54, 1.807) is 13.3 Å². The first kappa shape index (κ1) is 17.5. The number of likely N-dealkylation sites (tertiary alicyclic amines) is 1. The van der Waals surface area contributed by atoms with Crippen LogP contribution in [0.15, 0.2) is 18.3 Å². The predicted octanol–water partition coefficient (Wildman–Crippen LogP) is 2.88. The number of nitrogen functional groups attached to an aromatic ring is 1. The molecule has 3 aliphatic rings. The van der Waals surface area contributed by atoms with Crippen molar-refractivity contribution in [3.63, 3.8) is 0 Å². The van der Waals surface area contributed by atoms with Crippen LogP contribution < -0.4 is 5.73 Å². The molecular formula is C20H26ClN5O. The highest BCUT2D eigenvalue weighted by Crippen LogP contribution is 2.58. The predicted molar refractivity (Wildman–Crippen MR) is 106 cm³/mol. The van der Waals surface area contributed by atoms with Crippen LogP contribution in [0.3, 0.4) is 0 Å². The molecule has 0 aromatic carbocycles.